The predicted octanol–water partition coefficient (Wildman–Crippen LogP) is 4.34. The zero-order valence-corrected chi connectivity index (χ0v) is 22.7. The second kappa shape index (κ2) is 11.9. The molecule has 0 spiro atoms. The number of amides is 1. The van der Waals surface area contributed by atoms with Crippen LogP contribution < -0.4 is 20.1 Å². The highest BCUT2D eigenvalue weighted by Crippen LogP contribution is 2.45. The van der Waals surface area contributed by atoms with Crippen molar-refractivity contribution < 1.29 is 29.0 Å². The van der Waals surface area contributed by atoms with E-state index < -0.39 is 17.4 Å². The van der Waals surface area contributed by atoms with Crippen molar-refractivity contribution in [2.75, 3.05) is 20.2 Å². The number of ether oxygens (including phenoxy) is 2. The van der Waals surface area contributed by atoms with Gasteiger partial charge in [0.2, 0.25) is 5.91 Å². The molecule has 0 aromatic heterocycles. The highest BCUT2D eigenvalue weighted by atomic mass is 16.5. The largest absolute Gasteiger partial charge is 0.493 e. The Labute approximate surface area is 214 Å². The molecule has 2 atom stereocenters. The number of carbonyl (C=O) groups excluding carboxylic acids is 2. The maximum Gasteiger partial charge on any atom is 0.330 e. The highest BCUT2D eigenvalue weighted by Gasteiger charge is 2.41. The van der Waals surface area contributed by atoms with Crippen LogP contribution in [-0.4, -0.2) is 49.2 Å². The number of carbonyl (C=O) groups is 3. The highest BCUT2D eigenvalue weighted by molar-refractivity contribution is 5.88. The quantitative estimate of drug-likeness (QED) is 0.234. The summed E-state index contributed by atoms with van der Waals surface area (Å²) in [4.78, 5) is 36.1. The number of aliphatic carboxylic acids is 1. The molecule has 8 nitrogen and oxygen atoms in total. The topological polar surface area (TPSA) is 114 Å². The molecule has 0 bridgehead atoms. The summed E-state index contributed by atoms with van der Waals surface area (Å²) in [6.45, 7) is 12.6. The minimum Gasteiger partial charge on any atom is -0.493 e. The lowest BCUT2D eigenvalue weighted by Gasteiger charge is -2.47. The Balaban J connectivity index is 1.83. The number of carboxylic acid groups (broad SMARTS) is 1. The van der Waals surface area contributed by atoms with Crippen LogP contribution in [0.5, 0.6) is 11.5 Å². The zero-order chi connectivity index (χ0) is 27.1. The van der Waals surface area contributed by atoms with E-state index in [-0.39, 0.29) is 41.4 Å². The van der Waals surface area contributed by atoms with Crippen molar-refractivity contribution in [3.63, 3.8) is 0 Å². The van der Waals surface area contributed by atoms with E-state index in [2.05, 4.69) is 31.4 Å². The maximum absolute atomic E-state index is 12.6. The molecule has 1 aliphatic rings. The summed E-state index contributed by atoms with van der Waals surface area (Å²) in [6, 6.07) is 6.68. The maximum atomic E-state index is 12.6. The fourth-order valence-corrected chi connectivity index (χ4v) is 5.36. The Morgan fingerprint density at radius 1 is 1.11 bits per heavy atom. The third-order valence-corrected chi connectivity index (χ3v) is 6.49. The lowest BCUT2D eigenvalue weighted by molar-refractivity contribution is -0.141. The first-order valence-corrected chi connectivity index (χ1v) is 12.5. The van der Waals surface area contributed by atoms with Gasteiger partial charge in [-0.3, -0.25) is 9.59 Å². The van der Waals surface area contributed by atoms with E-state index >= 15 is 0 Å². The molecule has 0 saturated heterocycles. The first-order chi connectivity index (χ1) is 16.6. The van der Waals surface area contributed by atoms with E-state index in [9.17, 15) is 14.4 Å². The van der Waals surface area contributed by atoms with Gasteiger partial charge < -0.3 is 25.2 Å². The molecule has 2 unspecified atom stereocenters. The molecule has 1 aliphatic carbocycles. The molecule has 0 aliphatic heterocycles. The molecule has 1 fully saturated rings. The van der Waals surface area contributed by atoms with Crippen molar-refractivity contribution in [1.29, 1.82) is 0 Å². The van der Waals surface area contributed by atoms with Crippen LogP contribution in [-0.2, 0) is 14.4 Å². The Kier molecular flexibility index (Phi) is 9.71. The number of nitrogens with one attached hydrogen (secondary N) is 2. The number of rotatable bonds is 11. The molecule has 1 aromatic rings. The molecule has 0 radical (unpaired) electrons. The van der Waals surface area contributed by atoms with Gasteiger partial charge in [-0.25, -0.2) is 4.79 Å². The minimum absolute atomic E-state index is 0.0259. The Hall–Kier alpha value is -2.87. The summed E-state index contributed by atoms with van der Waals surface area (Å²) in [5.74, 6) is -0.791. The summed E-state index contributed by atoms with van der Waals surface area (Å²) in [7, 11) is 1.97. The average Bonchev–Trinajstić information content (AvgIpc) is 2.73. The molecule has 0 heterocycles. The van der Waals surface area contributed by atoms with E-state index in [0.29, 0.717) is 11.5 Å². The van der Waals surface area contributed by atoms with Gasteiger partial charge in [0.25, 0.3) is 0 Å². The number of esters is 1. The Morgan fingerprint density at radius 3 is 2.31 bits per heavy atom. The third kappa shape index (κ3) is 8.97. The Morgan fingerprint density at radius 2 is 1.72 bits per heavy atom. The minimum atomic E-state index is -1.09. The van der Waals surface area contributed by atoms with Crippen LogP contribution >= 0.6 is 0 Å². The molecule has 3 N–H and O–H groups in total. The molecular weight excluding hydrogens is 460 g/mol. The molecule has 8 heteroatoms. The predicted molar refractivity (Wildman–Crippen MR) is 139 cm³/mol. The summed E-state index contributed by atoms with van der Waals surface area (Å²) < 4.78 is 11.1. The second-order valence-corrected chi connectivity index (χ2v) is 11.7. The summed E-state index contributed by atoms with van der Waals surface area (Å²) in [5.41, 5.74) is -0.701. The number of hydrogen-bond donors (Lipinski definition) is 3. The lowest BCUT2D eigenvalue weighted by atomic mass is 9.62. The molecule has 1 amide bonds. The lowest BCUT2D eigenvalue weighted by Crippen LogP contribution is -2.49. The Bertz CT molecular complexity index is 967. The molecular formula is C28H42N2O6. The molecule has 2 rings (SSSR count). The van der Waals surface area contributed by atoms with Crippen molar-refractivity contribution in [2.24, 2.45) is 16.2 Å². The van der Waals surface area contributed by atoms with Crippen LogP contribution in [0.2, 0.25) is 0 Å². The summed E-state index contributed by atoms with van der Waals surface area (Å²) in [5, 5.41) is 15.5. The van der Waals surface area contributed by atoms with Gasteiger partial charge in [0, 0.05) is 18.2 Å². The van der Waals surface area contributed by atoms with Gasteiger partial charge in [0.15, 0.2) is 0 Å². The number of carboxylic acids is 1. The molecule has 200 valence electrons. The monoisotopic (exact) mass is 502 g/mol. The molecule has 1 saturated carbocycles. The van der Waals surface area contributed by atoms with E-state index in [1.54, 1.807) is 38.1 Å². The van der Waals surface area contributed by atoms with Crippen LogP contribution in [0.4, 0.5) is 0 Å². The first-order valence-electron chi connectivity index (χ1n) is 12.5. The van der Waals surface area contributed by atoms with Crippen LogP contribution in [0.3, 0.4) is 0 Å². The fraction of sp³-hybridized carbons (Fsp3) is 0.607. The molecule has 1 aromatic carbocycles. The molecule has 36 heavy (non-hydrogen) atoms. The van der Waals surface area contributed by atoms with Crippen molar-refractivity contribution in [3.05, 3.63) is 35.9 Å². The van der Waals surface area contributed by atoms with Gasteiger partial charge in [0.05, 0.1) is 18.4 Å². The normalized spacial score (nSPS) is 22.0. The van der Waals surface area contributed by atoms with Crippen molar-refractivity contribution >= 4 is 17.8 Å². The van der Waals surface area contributed by atoms with E-state index in [0.717, 1.165) is 25.8 Å². The van der Waals surface area contributed by atoms with Crippen LogP contribution in [0.25, 0.3) is 0 Å². The van der Waals surface area contributed by atoms with Crippen molar-refractivity contribution in [1.82, 2.24) is 10.6 Å². The van der Waals surface area contributed by atoms with Gasteiger partial charge in [-0.15, -0.1) is 0 Å². The van der Waals surface area contributed by atoms with Crippen LogP contribution in [0, 0.1) is 16.2 Å². The van der Waals surface area contributed by atoms with Crippen molar-refractivity contribution in [2.45, 2.75) is 73.3 Å². The van der Waals surface area contributed by atoms with Gasteiger partial charge in [-0.2, -0.15) is 0 Å². The number of benzene rings is 1. The van der Waals surface area contributed by atoms with Gasteiger partial charge >= 0.3 is 11.9 Å². The van der Waals surface area contributed by atoms with Crippen molar-refractivity contribution in [3.8, 4) is 11.5 Å². The van der Waals surface area contributed by atoms with E-state index in [1.165, 1.54) is 13.0 Å². The SMILES string of the molecule is CNCC1(C)CC(NC(=O)CCOc2ccc(OC(=O)C(C)(C)C=C(C)C(=O)O)cc2)CC(C)(C)C1. The standard InChI is InChI=1S/C28H42N2O6/c1-19(24(32)33)14-27(4,5)25(34)36-22-10-8-21(9-11-22)35-13-12-23(31)30-20-15-26(2,3)17-28(6,16-20)18-29-7/h8-11,14,20,29H,12-13,15-18H2,1-7H3,(H,30,31)(H,32,33). The van der Waals surface area contributed by atoms with Crippen LogP contribution in [0.1, 0.15) is 67.2 Å². The van der Waals surface area contributed by atoms with Gasteiger partial charge in [0.1, 0.15) is 11.5 Å². The van der Waals surface area contributed by atoms with E-state index in [1.807, 2.05) is 7.05 Å². The third-order valence-electron chi connectivity index (χ3n) is 6.49. The van der Waals surface area contributed by atoms with Crippen LogP contribution in [0.15, 0.2) is 35.9 Å². The second-order valence-electron chi connectivity index (χ2n) is 11.7. The van der Waals surface area contributed by atoms with Gasteiger partial charge in [-0.05, 0) is 82.2 Å². The zero-order valence-electron chi connectivity index (χ0n) is 22.7. The summed E-state index contributed by atoms with van der Waals surface area (Å²) >= 11 is 0. The van der Waals surface area contributed by atoms with E-state index in [4.69, 9.17) is 14.6 Å². The average molecular weight is 503 g/mol. The number of hydrogen-bond acceptors (Lipinski definition) is 6. The van der Waals surface area contributed by atoms with Gasteiger partial charge in [-0.1, -0.05) is 26.8 Å². The fourth-order valence-electron chi connectivity index (χ4n) is 5.36. The smallest absolute Gasteiger partial charge is 0.330 e. The first kappa shape index (κ1) is 29.4. The summed E-state index contributed by atoms with van der Waals surface area (Å²) in [6.07, 6.45) is 4.65.